The van der Waals surface area contributed by atoms with Gasteiger partial charge in [0.1, 0.15) is 21.9 Å². The van der Waals surface area contributed by atoms with Crippen molar-refractivity contribution in [1.82, 2.24) is 9.97 Å². The number of aryl methyl sites for hydroxylation is 4. The Bertz CT molecular complexity index is 985. The molecule has 0 saturated carbocycles. The summed E-state index contributed by atoms with van der Waals surface area (Å²) in [6, 6.07) is 4.28. The maximum Gasteiger partial charge on any atom is 0.348 e. The Morgan fingerprint density at radius 2 is 1.81 bits per heavy atom. The monoisotopic (exact) mass is 383 g/mol. The summed E-state index contributed by atoms with van der Waals surface area (Å²) < 4.78 is 5.41. The molecule has 0 amide bonds. The average Bonchev–Trinajstić information content (AvgIpc) is 2.93. The zero-order valence-electron chi connectivity index (χ0n) is 16.6. The molecule has 3 aromatic rings. The van der Waals surface area contributed by atoms with Gasteiger partial charge in [-0.15, -0.1) is 11.3 Å². The highest BCUT2D eigenvalue weighted by Gasteiger charge is 2.21. The van der Waals surface area contributed by atoms with E-state index in [1.165, 1.54) is 23.2 Å². The first-order valence-electron chi connectivity index (χ1n) is 9.04. The van der Waals surface area contributed by atoms with E-state index in [0.29, 0.717) is 23.2 Å². The van der Waals surface area contributed by atoms with Gasteiger partial charge >= 0.3 is 5.97 Å². The summed E-state index contributed by atoms with van der Waals surface area (Å²) in [6.45, 7) is 12.6. The molecular weight excluding hydrogens is 358 g/mol. The van der Waals surface area contributed by atoms with Gasteiger partial charge in [-0.3, -0.25) is 0 Å². The van der Waals surface area contributed by atoms with Gasteiger partial charge in [-0.1, -0.05) is 31.5 Å². The summed E-state index contributed by atoms with van der Waals surface area (Å²) in [5, 5.41) is 4.33. The molecule has 1 aromatic carbocycles. The fraction of sp³-hybridized carbons (Fsp3) is 0.381. The second kappa shape index (κ2) is 7.64. The lowest BCUT2D eigenvalue weighted by Crippen LogP contribution is -2.09. The number of ether oxygens (including phenoxy) is 1. The van der Waals surface area contributed by atoms with Crippen LogP contribution in [0.25, 0.3) is 10.2 Å². The molecule has 0 radical (unpaired) electrons. The van der Waals surface area contributed by atoms with Gasteiger partial charge in [0.2, 0.25) is 0 Å². The molecule has 6 heteroatoms. The van der Waals surface area contributed by atoms with E-state index in [0.717, 1.165) is 32.6 Å². The summed E-state index contributed by atoms with van der Waals surface area (Å²) in [4.78, 5) is 22.7. The average molecular weight is 384 g/mol. The molecule has 0 fully saturated rings. The predicted molar refractivity (Wildman–Crippen MR) is 111 cm³/mol. The van der Waals surface area contributed by atoms with Crippen molar-refractivity contribution in [3.8, 4) is 0 Å². The maximum atomic E-state index is 12.5. The second-order valence-corrected chi connectivity index (χ2v) is 8.35. The molecule has 2 heterocycles. The van der Waals surface area contributed by atoms with E-state index in [2.05, 4.69) is 48.2 Å². The first kappa shape index (κ1) is 19.3. The van der Waals surface area contributed by atoms with Crippen molar-refractivity contribution in [2.75, 3.05) is 11.9 Å². The number of thiophene rings is 1. The van der Waals surface area contributed by atoms with E-state index in [1.807, 2.05) is 20.8 Å². The van der Waals surface area contributed by atoms with Gasteiger partial charge in [-0.2, -0.15) is 0 Å². The lowest BCUT2D eigenvalue weighted by molar-refractivity contribution is 0.0464. The molecule has 0 spiro atoms. The standard InChI is InChI=1S/C21H25N3O2S/c1-11(2)9-26-21(25)18-15(6)16-19(22-10-23-20(16)27-18)24-17-13(4)7-12(3)8-14(17)5/h7-8,10-11H,9H2,1-6H3,(H,22,23,24). The van der Waals surface area contributed by atoms with Crippen LogP contribution in [0.15, 0.2) is 18.5 Å². The number of anilines is 2. The van der Waals surface area contributed by atoms with Gasteiger partial charge in [-0.25, -0.2) is 14.8 Å². The molecule has 0 aliphatic heterocycles. The molecule has 0 saturated heterocycles. The molecule has 27 heavy (non-hydrogen) atoms. The SMILES string of the molecule is Cc1cc(C)c(Nc2ncnc3sc(C(=O)OCC(C)C)c(C)c23)c(C)c1. The van der Waals surface area contributed by atoms with E-state index in [4.69, 9.17) is 4.74 Å². The Hall–Kier alpha value is -2.47. The highest BCUT2D eigenvalue weighted by Crippen LogP contribution is 2.36. The molecule has 2 aromatic heterocycles. The number of benzene rings is 1. The Kier molecular flexibility index (Phi) is 5.46. The van der Waals surface area contributed by atoms with Crippen LogP contribution in [0.3, 0.4) is 0 Å². The van der Waals surface area contributed by atoms with Crippen LogP contribution in [0.1, 0.15) is 45.8 Å². The van der Waals surface area contributed by atoms with Crippen molar-refractivity contribution in [2.24, 2.45) is 5.92 Å². The van der Waals surface area contributed by atoms with Crippen LogP contribution in [0.5, 0.6) is 0 Å². The highest BCUT2D eigenvalue weighted by molar-refractivity contribution is 7.20. The smallest absolute Gasteiger partial charge is 0.348 e. The van der Waals surface area contributed by atoms with Crippen molar-refractivity contribution in [3.63, 3.8) is 0 Å². The predicted octanol–water partition coefficient (Wildman–Crippen LogP) is 5.48. The largest absolute Gasteiger partial charge is 0.461 e. The molecular formula is C21H25N3O2S. The number of carbonyl (C=O) groups excluding carboxylic acids is 1. The Balaban J connectivity index is 2.02. The van der Waals surface area contributed by atoms with Crippen LogP contribution >= 0.6 is 11.3 Å². The number of hydrogen-bond acceptors (Lipinski definition) is 6. The number of carbonyl (C=O) groups is 1. The minimum atomic E-state index is -0.294. The minimum absolute atomic E-state index is 0.294. The van der Waals surface area contributed by atoms with Crippen molar-refractivity contribution < 1.29 is 9.53 Å². The first-order valence-corrected chi connectivity index (χ1v) is 9.85. The minimum Gasteiger partial charge on any atom is -0.461 e. The van der Waals surface area contributed by atoms with Gasteiger partial charge in [0.25, 0.3) is 0 Å². The molecule has 0 aliphatic rings. The Morgan fingerprint density at radius 1 is 1.15 bits per heavy atom. The van der Waals surface area contributed by atoms with E-state index >= 15 is 0 Å². The Labute approximate surface area is 163 Å². The molecule has 0 aliphatic carbocycles. The third-order valence-electron chi connectivity index (χ3n) is 4.38. The third-order valence-corrected chi connectivity index (χ3v) is 5.56. The van der Waals surface area contributed by atoms with E-state index in [9.17, 15) is 4.79 Å². The number of esters is 1. The topological polar surface area (TPSA) is 64.1 Å². The zero-order valence-corrected chi connectivity index (χ0v) is 17.5. The van der Waals surface area contributed by atoms with E-state index < -0.39 is 0 Å². The zero-order chi connectivity index (χ0) is 19.7. The molecule has 3 rings (SSSR count). The molecule has 142 valence electrons. The lowest BCUT2D eigenvalue weighted by Gasteiger charge is -2.14. The summed E-state index contributed by atoms with van der Waals surface area (Å²) in [5.74, 6) is 0.720. The number of aromatic nitrogens is 2. The van der Waals surface area contributed by atoms with Gasteiger partial charge in [0.15, 0.2) is 0 Å². The van der Waals surface area contributed by atoms with Crippen LogP contribution in [0.4, 0.5) is 11.5 Å². The van der Waals surface area contributed by atoms with E-state index in [-0.39, 0.29) is 5.97 Å². The van der Waals surface area contributed by atoms with E-state index in [1.54, 1.807) is 0 Å². The highest BCUT2D eigenvalue weighted by atomic mass is 32.1. The van der Waals surface area contributed by atoms with Crippen LogP contribution in [0.2, 0.25) is 0 Å². The quantitative estimate of drug-likeness (QED) is 0.591. The van der Waals surface area contributed by atoms with Gasteiger partial charge in [0, 0.05) is 5.69 Å². The summed E-state index contributed by atoms with van der Waals surface area (Å²) in [6.07, 6.45) is 1.53. The van der Waals surface area contributed by atoms with Crippen LogP contribution in [-0.4, -0.2) is 22.5 Å². The summed E-state index contributed by atoms with van der Waals surface area (Å²) in [7, 11) is 0. The van der Waals surface area contributed by atoms with Crippen LogP contribution in [0, 0.1) is 33.6 Å². The Morgan fingerprint density at radius 3 is 2.44 bits per heavy atom. The van der Waals surface area contributed by atoms with Crippen molar-refractivity contribution in [1.29, 1.82) is 0 Å². The molecule has 1 N–H and O–H groups in total. The summed E-state index contributed by atoms with van der Waals surface area (Å²) in [5.41, 5.74) is 5.43. The number of nitrogens with zero attached hydrogens (tertiary/aromatic N) is 2. The fourth-order valence-electron chi connectivity index (χ4n) is 3.16. The summed E-state index contributed by atoms with van der Waals surface area (Å²) >= 11 is 1.35. The second-order valence-electron chi connectivity index (χ2n) is 7.35. The molecule has 0 unspecified atom stereocenters. The van der Waals surface area contributed by atoms with Crippen molar-refractivity contribution >= 4 is 39.0 Å². The van der Waals surface area contributed by atoms with Gasteiger partial charge in [-0.05, 0) is 50.3 Å². The maximum absolute atomic E-state index is 12.5. The fourth-order valence-corrected chi connectivity index (χ4v) is 4.21. The van der Waals surface area contributed by atoms with Gasteiger partial charge in [0.05, 0.1) is 12.0 Å². The first-order chi connectivity index (χ1) is 12.8. The molecule has 0 bridgehead atoms. The number of rotatable bonds is 5. The molecule has 5 nitrogen and oxygen atoms in total. The number of fused-ring (bicyclic) bond motifs is 1. The normalized spacial score (nSPS) is 11.2. The van der Waals surface area contributed by atoms with Crippen molar-refractivity contribution in [3.05, 3.63) is 45.6 Å². The number of hydrogen-bond donors (Lipinski definition) is 1. The number of nitrogens with one attached hydrogen (secondary N) is 1. The molecule has 0 atom stereocenters. The third kappa shape index (κ3) is 3.95. The van der Waals surface area contributed by atoms with Crippen molar-refractivity contribution in [2.45, 2.75) is 41.5 Å². The van der Waals surface area contributed by atoms with Crippen LogP contribution < -0.4 is 5.32 Å². The van der Waals surface area contributed by atoms with Crippen LogP contribution in [-0.2, 0) is 4.74 Å². The van der Waals surface area contributed by atoms with Gasteiger partial charge < -0.3 is 10.1 Å². The lowest BCUT2D eigenvalue weighted by atomic mass is 10.0.